The van der Waals surface area contributed by atoms with E-state index in [1.807, 2.05) is 6.07 Å². The summed E-state index contributed by atoms with van der Waals surface area (Å²) in [5.41, 5.74) is 1.25. The fourth-order valence-corrected chi connectivity index (χ4v) is 2.35. The van der Waals surface area contributed by atoms with Crippen molar-refractivity contribution in [1.82, 2.24) is 15.5 Å². The number of para-hydroxylation sites is 1. The molecular formula is C20H35N5O. The number of carbonyl (C=O) groups is 1. The molecule has 0 atom stereocenters. The number of nitrogens with one attached hydrogen (secondary N) is 2. The number of amides is 1. The molecule has 1 aromatic rings. The second-order valence-corrected chi connectivity index (χ2v) is 6.92. The van der Waals surface area contributed by atoms with E-state index in [9.17, 15) is 4.79 Å². The largest absolute Gasteiger partial charge is 0.372 e. The summed E-state index contributed by atoms with van der Waals surface area (Å²) < 4.78 is 0. The van der Waals surface area contributed by atoms with Crippen LogP contribution in [0, 0.1) is 5.92 Å². The summed E-state index contributed by atoms with van der Waals surface area (Å²) >= 11 is 0. The summed E-state index contributed by atoms with van der Waals surface area (Å²) in [5, 5.41) is 6.64. The molecule has 0 aliphatic carbocycles. The number of rotatable bonds is 10. The first-order valence-corrected chi connectivity index (χ1v) is 9.46. The standard InChI is InChI=1S/C20H35N5O/c1-6-25(18-11-8-7-9-12-18)14-10-13-21-20(22-15-17(2)3)23-16-19(26)24(4)5/h7-9,11-12,17H,6,10,13-16H2,1-5H3,(H2,21,22,23). The van der Waals surface area contributed by atoms with Crippen LogP contribution in [-0.4, -0.2) is 63.6 Å². The first kappa shape index (κ1) is 21.8. The summed E-state index contributed by atoms with van der Waals surface area (Å²) in [6.07, 6.45) is 0.993. The van der Waals surface area contributed by atoms with Gasteiger partial charge >= 0.3 is 0 Å². The van der Waals surface area contributed by atoms with Gasteiger partial charge < -0.3 is 20.4 Å². The number of hydrogen-bond acceptors (Lipinski definition) is 3. The minimum atomic E-state index is -0.00289. The molecule has 0 saturated heterocycles. The Bertz CT molecular complexity index is 542. The lowest BCUT2D eigenvalue weighted by Gasteiger charge is -2.23. The number of nitrogens with zero attached hydrogens (tertiary/aromatic N) is 3. The summed E-state index contributed by atoms with van der Waals surface area (Å²) in [5.74, 6) is 1.22. The van der Waals surface area contributed by atoms with E-state index in [0.29, 0.717) is 11.9 Å². The molecule has 1 amide bonds. The summed E-state index contributed by atoms with van der Waals surface area (Å²) in [7, 11) is 3.49. The molecule has 2 N–H and O–H groups in total. The predicted octanol–water partition coefficient (Wildman–Crippen LogP) is 2.18. The van der Waals surface area contributed by atoms with Crippen LogP contribution in [0.3, 0.4) is 0 Å². The van der Waals surface area contributed by atoms with E-state index >= 15 is 0 Å². The number of aliphatic imine (C=N–C) groups is 1. The van der Waals surface area contributed by atoms with Gasteiger partial charge in [-0.3, -0.25) is 4.79 Å². The van der Waals surface area contributed by atoms with Gasteiger partial charge in [0.15, 0.2) is 5.96 Å². The summed E-state index contributed by atoms with van der Waals surface area (Å²) in [4.78, 5) is 20.1. The minimum Gasteiger partial charge on any atom is -0.372 e. The van der Waals surface area contributed by atoms with Gasteiger partial charge in [0, 0.05) is 46.0 Å². The zero-order valence-corrected chi connectivity index (χ0v) is 17.0. The van der Waals surface area contributed by atoms with Gasteiger partial charge in [0.05, 0.1) is 0 Å². The number of benzene rings is 1. The molecule has 1 rings (SSSR count). The van der Waals surface area contributed by atoms with E-state index in [2.05, 4.69) is 65.6 Å². The van der Waals surface area contributed by atoms with Gasteiger partial charge in [-0.05, 0) is 31.4 Å². The minimum absolute atomic E-state index is 0.00289. The fourth-order valence-electron chi connectivity index (χ4n) is 2.35. The quantitative estimate of drug-likeness (QED) is 0.381. The Hall–Kier alpha value is -2.24. The van der Waals surface area contributed by atoms with Crippen molar-refractivity contribution in [2.24, 2.45) is 10.9 Å². The van der Waals surface area contributed by atoms with Crippen LogP contribution in [0.5, 0.6) is 0 Å². The van der Waals surface area contributed by atoms with Crippen molar-refractivity contribution in [1.29, 1.82) is 0 Å². The van der Waals surface area contributed by atoms with Crippen molar-refractivity contribution in [3.05, 3.63) is 30.3 Å². The lowest BCUT2D eigenvalue weighted by molar-refractivity contribution is -0.127. The van der Waals surface area contributed by atoms with Gasteiger partial charge in [0.1, 0.15) is 6.54 Å². The highest BCUT2D eigenvalue weighted by atomic mass is 16.2. The number of guanidine groups is 1. The fraction of sp³-hybridized carbons (Fsp3) is 0.600. The van der Waals surface area contributed by atoms with Gasteiger partial charge in [0.2, 0.25) is 5.91 Å². The molecule has 0 aliphatic heterocycles. The third-order valence-electron chi connectivity index (χ3n) is 3.95. The molecule has 26 heavy (non-hydrogen) atoms. The normalized spacial score (nSPS) is 11.4. The van der Waals surface area contributed by atoms with Crippen LogP contribution in [-0.2, 0) is 4.79 Å². The molecule has 0 saturated carbocycles. The average molecular weight is 362 g/mol. The highest BCUT2D eigenvalue weighted by molar-refractivity contribution is 5.84. The number of carbonyl (C=O) groups excluding carboxylic acids is 1. The maximum absolute atomic E-state index is 11.8. The number of anilines is 1. The van der Waals surface area contributed by atoms with Crippen LogP contribution < -0.4 is 15.5 Å². The zero-order valence-electron chi connectivity index (χ0n) is 17.0. The molecule has 0 heterocycles. The highest BCUT2D eigenvalue weighted by Gasteiger charge is 2.06. The van der Waals surface area contributed by atoms with Crippen LogP contribution in [0.15, 0.2) is 35.3 Å². The number of hydrogen-bond donors (Lipinski definition) is 2. The lowest BCUT2D eigenvalue weighted by Crippen LogP contribution is -2.41. The van der Waals surface area contributed by atoms with Gasteiger partial charge in [-0.25, -0.2) is 4.99 Å². The van der Waals surface area contributed by atoms with Crippen molar-refractivity contribution < 1.29 is 4.79 Å². The molecule has 0 radical (unpaired) electrons. The Morgan fingerprint density at radius 1 is 1.15 bits per heavy atom. The Balaban J connectivity index is 2.49. The topological polar surface area (TPSA) is 60.0 Å². The van der Waals surface area contributed by atoms with Gasteiger partial charge in [-0.2, -0.15) is 0 Å². The molecule has 0 spiro atoms. The van der Waals surface area contributed by atoms with Crippen LogP contribution in [0.4, 0.5) is 5.69 Å². The van der Waals surface area contributed by atoms with Crippen LogP contribution >= 0.6 is 0 Å². The Labute approximate surface area is 158 Å². The van der Waals surface area contributed by atoms with E-state index in [-0.39, 0.29) is 12.5 Å². The van der Waals surface area contributed by atoms with Crippen LogP contribution in [0.2, 0.25) is 0 Å². The molecular weight excluding hydrogens is 326 g/mol. The second kappa shape index (κ2) is 12.2. The average Bonchev–Trinajstić information content (AvgIpc) is 2.63. The Morgan fingerprint density at radius 2 is 1.85 bits per heavy atom. The molecule has 6 nitrogen and oxygen atoms in total. The lowest BCUT2D eigenvalue weighted by atomic mass is 10.2. The van der Waals surface area contributed by atoms with E-state index in [0.717, 1.165) is 32.6 Å². The molecule has 0 fully saturated rings. The SMILES string of the molecule is CCN(CCCNC(=NCC(=O)N(C)C)NCC(C)C)c1ccccc1. The first-order valence-electron chi connectivity index (χ1n) is 9.46. The van der Waals surface area contributed by atoms with Crippen molar-refractivity contribution in [2.45, 2.75) is 27.2 Å². The second-order valence-electron chi connectivity index (χ2n) is 6.92. The van der Waals surface area contributed by atoms with E-state index in [4.69, 9.17) is 0 Å². The van der Waals surface area contributed by atoms with E-state index in [1.54, 1.807) is 19.0 Å². The van der Waals surface area contributed by atoms with Gasteiger partial charge in [-0.1, -0.05) is 32.0 Å². The van der Waals surface area contributed by atoms with Crippen LogP contribution in [0.25, 0.3) is 0 Å². The molecule has 6 heteroatoms. The number of likely N-dealkylation sites (N-methyl/N-ethyl adjacent to an activating group) is 1. The van der Waals surface area contributed by atoms with Crippen molar-refractivity contribution in [2.75, 3.05) is 51.7 Å². The zero-order chi connectivity index (χ0) is 19.4. The molecule has 0 aliphatic rings. The third kappa shape index (κ3) is 8.74. The predicted molar refractivity (Wildman–Crippen MR) is 111 cm³/mol. The van der Waals surface area contributed by atoms with Crippen molar-refractivity contribution in [3.8, 4) is 0 Å². The Morgan fingerprint density at radius 3 is 2.42 bits per heavy atom. The summed E-state index contributed by atoms with van der Waals surface area (Å²) in [6.45, 7) is 10.2. The smallest absolute Gasteiger partial charge is 0.243 e. The maximum Gasteiger partial charge on any atom is 0.243 e. The monoisotopic (exact) mass is 361 g/mol. The van der Waals surface area contributed by atoms with E-state index < -0.39 is 0 Å². The highest BCUT2D eigenvalue weighted by Crippen LogP contribution is 2.12. The molecule has 0 bridgehead atoms. The molecule has 0 aromatic heterocycles. The maximum atomic E-state index is 11.8. The van der Waals surface area contributed by atoms with Crippen molar-refractivity contribution >= 4 is 17.6 Å². The molecule has 1 aromatic carbocycles. The van der Waals surface area contributed by atoms with Gasteiger partial charge in [0.25, 0.3) is 0 Å². The summed E-state index contributed by atoms with van der Waals surface area (Å²) in [6, 6.07) is 10.5. The first-order chi connectivity index (χ1) is 12.4. The third-order valence-corrected chi connectivity index (χ3v) is 3.95. The van der Waals surface area contributed by atoms with Crippen LogP contribution in [0.1, 0.15) is 27.2 Å². The Kier molecular flexibility index (Phi) is 10.2. The van der Waals surface area contributed by atoms with E-state index in [1.165, 1.54) is 5.69 Å². The van der Waals surface area contributed by atoms with Crippen molar-refractivity contribution in [3.63, 3.8) is 0 Å². The molecule has 0 unspecified atom stereocenters. The molecule has 146 valence electrons. The van der Waals surface area contributed by atoms with Gasteiger partial charge in [-0.15, -0.1) is 0 Å².